The van der Waals surface area contributed by atoms with Crippen molar-refractivity contribution in [2.75, 3.05) is 12.0 Å². The van der Waals surface area contributed by atoms with E-state index < -0.39 is 23.8 Å². The van der Waals surface area contributed by atoms with Crippen molar-refractivity contribution in [2.45, 2.75) is 13.0 Å². The van der Waals surface area contributed by atoms with E-state index in [-0.39, 0.29) is 17.9 Å². The average Bonchev–Trinajstić information content (AvgIpc) is 2.42. The van der Waals surface area contributed by atoms with E-state index >= 15 is 0 Å². The zero-order valence-corrected chi connectivity index (χ0v) is 10.2. The Kier molecular flexibility index (Phi) is 3.43. The molecule has 8 nitrogen and oxygen atoms in total. The predicted octanol–water partition coefficient (Wildman–Crippen LogP) is -1.15. The van der Waals surface area contributed by atoms with Crippen molar-refractivity contribution in [3.05, 3.63) is 23.9 Å². The van der Waals surface area contributed by atoms with Gasteiger partial charge >= 0.3 is 0 Å². The van der Waals surface area contributed by atoms with Crippen LogP contribution in [-0.4, -0.2) is 40.2 Å². The SMILES string of the molecule is CC1C(=O)NC(=O)CN1C(=O)c1cccnc1NN. The lowest BCUT2D eigenvalue weighted by Gasteiger charge is -2.31. The first-order valence-electron chi connectivity index (χ1n) is 5.61. The highest BCUT2D eigenvalue weighted by molar-refractivity contribution is 6.08. The first-order chi connectivity index (χ1) is 9.04. The molecule has 1 aliphatic heterocycles. The maximum Gasteiger partial charge on any atom is 0.258 e. The molecule has 100 valence electrons. The molecular formula is C11H13N5O3. The standard InChI is InChI=1S/C11H13N5O3/c1-6-10(18)14-8(17)5-16(6)11(19)7-3-2-4-13-9(7)15-12/h2-4,6H,5,12H2,1H3,(H,13,15)(H,14,17,18). The zero-order valence-electron chi connectivity index (χ0n) is 10.2. The topological polar surface area (TPSA) is 117 Å². The number of piperazine rings is 1. The lowest BCUT2D eigenvalue weighted by atomic mass is 10.1. The molecule has 1 fully saturated rings. The Balaban J connectivity index is 2.32. The Morgan fingerprint density at radius 1 is 1.58 bits per heavy atom. The van der Waals surface area contributed by atoms with E-state index in [0.29, 0.717) is 0 Å². The van der Waals surface area contributed by atoms with Gasteiger partial charge in [-0.05, 0) is 19.1 Å². The molecular weight excluding hydrogens is 250 g/mol. The quantitative estimate of drug-likeness (QED) is 0.352. The second kappa shape index (κ2) is 5.02. The molecule has 0 aliphatic carbocycles. The van der Waals surface area contributed by atoms with Crippen LogP contribution in [0, 0.1) is 0 Å². The maximum absolute atomic E-state index is 12.3. The fraction of sp³-hybridized carbons (Fsp3) is 0.273. The summed E-state index contributed by atoms with van der Waals surface area (Å²) >= 11 is 0. The minimum Gasteiger partial charge on any atom is -0.317 e. The van der Waals surface area contributed by atoms with Gasteiger partial charge in [-0.15, -0.1) is 0 Å². The van der Waals surface area contributed by atoms with E-state index in [9.17, 15) is 14.4 Å². The number of pyridine rings is 1. The molecule has 0 saturated carbocycles. The number of amides is 3. The van der Waals surface area contributed by atoms with E-state index in [0.717, 1.165) is 0 Å². The number of anilines is 1. The van der Waals surface area contributed by atoms with Gasteiger partial charge in [0.1, 0.15) is 12.6 Å². The van der Waals surface area contributed by atoms with Crippen molar-refractivity contribution in [2.24, 2.45) is 5.84 Å². The van der Waals surface area contributed by atoms with Gasteiger partial charge in [0.25, 0.3) is 5.91 Å². The molecule has 1 aliphatic rings. The summed E-state index contributed by atoms with van der Waals surface area (Å²) in [6.07, 6.45) is 1.48. The number of nitrogen functional groups attached to an aromatic ring is 1. The third-order valence-electron chi connectivity index (χ3n) is 2.86. The van der Waals surface area contributed by atoms with Crippen molar-refractivity contribution >= 4 is 23.5 Å². The number of carbonyl (C=O) groups is 3. The van der Waals surface area contributed by atoms with E-state index in [4.69, 9.17) is 5.84 Å². The number of nitrogens with two attached hydrogens (primary N) is 1. The summed E-state index contributed by atoms with van der Waals surface area (Å²) in [5.41, 5.74) is 2.52. The van der Waals surface area contributed by atoms with Crippen LogP contribution < -0.4 is 16.6 Å². The molecule has 8 heteroatoms. The van der Waals surface area contributed by atoms with Gasteiger partial charge in [-0.25, -0.2) is 10.8 Å². The number of imide groups is 1. The molecule has 19 heavy (non-hydrogen) atoms. The highest BCUT2D eigenvalue weighted by Gasteiger charge is 2.34. The van der Waals surface area contributed by atoms with Crippen LogP contribution in [-0.2, 0) is 9.59 Å². The Hall–Kier alpha value is -2.48. The summed E-state index contributed by atoms with van der Waals surface area (Å²) in [5, 5.41) is 2.17. The number of nitrogens with zero attached hydrogens (tertiary/aromatic N) is 2. The summed E-state index contributed by atoms with van der Waals surface area (Å²) in [4.78, 5) is 40.3. The number of rotatable bonds is 2. The molecule has 2 heterocycles. The smallest absolute Gasteiger partial charge is 0.258 e. The molecule has 3 amide bonds. The van der Waals surface area contributed by atoms with Crippen LogP contribution in [0.25, 0.3) is 0 Å². The van der Waals surface area contributed by atoms with Gasteiger partial charge in [-0.2, -0.15) is 0 Å². The zero-order chi connectivity index (χ0) is 14.0. The van der Waals surface area contributed by atoms with E-state index in [1.807, 2.05) is 0 Å². The Morgan fingerprint density at radius 2 is 2.32 bits per heavy atom. The minimum absolute atomic E-state index is 0.176. The van der Waals surface area contributed by atoms with Gasteiger partial charge in [0.15, 0.2) is 5.82 Å². The molecule has 1 aromatic rings. The fourth-order valence-corrected chi connectivity index (χ4v) is 1.81. The van der Waals surface area contributed by atoms with Crippen LogP contribution in [0.1, 0.15) is 17.3 Å². The van der Waals surface area contributed by atoms with E-state index in [1.165, 1.54) is 17.2 Å². The normalized spacial score (nSPS) is 19.1. The van der Waals surface area contributed by atoms with Crippen LogP contribution in [0.3, 0.4) is 0 Å². The molecule has 4 N–H and O–H groups in total. The molecule has 2 rings (SSSR count). The fourth-order valence-electron chi connectivity index (χ4n) is 1.81. The minimum atomic E-state index is -0.726. The highest BCUT2D eigenvalue weighted by Crippen LogP contribution is 2.16. The molecule has 1 saturated heterocycles. The van der Waals surface area contributed by atoms with E-state index in [2.05, 4.69) is 15.7 Å². The lowest BCUT2D eigenvalue weighted by molar-refractivity contribution is -0.138. The number of hydrazine groups is 1. The van der Waals surface area contributed by atoms with Gasteiger partial charge < -0.3 is 10.3 Å². The van der Waals surface area contributed by atoms with Crippen molar-refractivity contribution in [1.82, 2.24) is 15.2 Å². The molecule has 0 aromatic carbocycles. The summed E-state index contributed by atoms with van der Waals surface area (Å²) in [6, 6.07) is 2.37. The molecule has 1 atom stereocenters. The van der Waals surface area contributed by atoms with Gasteiger partial charge in [-0.1, -0.05) is 0 Å². The third-order valence-corrected chi connectivity index (χ3v) is 2.86. The largest absolute Gasteiger partial charge is 0.317 e. The van der Waals surface area contributed by atoms with Crippen molar-refractivity contribution < 1.29 is 14.4 Å². The second-order valence-electron chi connectivity index (χ2n) is 4.07. The molecule has 1 unspecified atom stereocenters. The van der Waals surface area contributed by atoms with Crippen molar-refractivity contribution in [3.8, 4) is 0 Å². The monoisotopic (exact) mass is 263 g/mol. The van der Waals surface area contributed by atoms with Crippen LogP contribution in [0.5, 0.6) is 0 Å². The van der Waals surface area contributed by atoms with Crippen LogP contribution in [0.4, 0.5) is 5.82 Å². The molecule has 1 aromatic heterocycles. The Bertz CT molecular complexity index is 545. The highest BCUT2D eigenvalue weighted by atomic mass is 16.2. The molecule has 0 radical (unpaired) electrons. The number of nitrogens with one attached hydrogen (secondary N) is 2. The van der Waals surface area contributed by atoms with Gasteiger partial charge in [0.05, 0.1) is 5.56 Å². The van der Waals surface area contributed by atoms with Crippen LogP contribution in [0.15, 0.2) is 18.3 Å². The number of carbonyl (C=O) groups excluding carboxylic acids is 3. The number of hydrogen-bond acceptors (Lipinski definition) is 6. The van der Waals surface area contributed by atoms with Crippen LogP contribution >= 0.6 is 0 Å². The summed E-state index contributed by atoms with van der Waals surface area (Å²) in [7, 11) is 0. The molecule has 0 bridgehead atoms. The molecule has 0 spiro atoms. The number of aromatic nitrogens is 1. The van der Waals surface area contributed by atoms with Gasteiger partial charge in [0.2, 0.25) is 11.8 Å². The van der Waals surface area contributed by atoms with Gasteiger partial charge in [-0.3, -0.25) is 19.7 Å². The predicted molar refractivity (Wildman–Crippen MR) is 65.7 cm³/mol. The number of hydrogen-bond donors (Lipinski definition) is 3. The Morgan fingerprint density at radius 3 is 3.00 bits per heavy atom. The van der Waals surface area contributed by atoms with Crippen LogP contribution in [0.2, 0.25) is 0 Å². The third kappa shape index (κ3) is 2.38. The van der Waals surface area contributed by atoms with Crippen molar-refractivity contribution in [1.29, 1.82) is 0 Å². The Labute approximate surface area is 108 Å². The van der Waals surface area contributed by atoms with E-state index in [1.54, 1.807) is 13.0 Å². The second-order valence-corrected chi connectivity index (χ2v) is 4.07. The van der Waals surface area contributed by atoms with Gasteiger partial charge in [0, 0.05) is 6.20 Å². The summed E-state index contributed by atoms with van der Waals surface area (Å²) in [6.45, 7) is 1.37. The average molecular weight is 263 g/mol. The lowest BCUT2D eigenvalue weighted by Crippen LogP contribution is -2.58. The van der Waals surface area contributed by atoms with Crippen molar-refractivity contribution in [3.63, 3.8) is 0 Å². The first-order valence-corrected chi connectivity index (χ1v) is 5.61. The first kappa shape index (κ1) is 13.0. The summed E-state index contributed by atoms with van der Waals surface area (Å²) < 4.78 is 0. The summed E-state index contributed by atoms with van der Waals surface area (Å²) in [5.74, 6) is 3.98. The maximum atomic E-state index is 12.3.